The van der Waals surface area contributed by atoms with Crippen LogP contribution < -0.4 is 4.74 Å². The topological polar surface area (TPSA) is 36.9 Å². The fraction of sp³-hybridized carbons (Fsp3) is 0.625. The van der Waals surface area contributed by atoms with E-state index in [1.54, 1.807) is 7.11 Å². The molecule has 0 bridgehead atoms. The summed E-state index contributed by atoms with van der Waals surface area (Å²) in [6.07, 6.45) is -0.648. The largest absolute Gasteiger partial charge is 0.496 e. The lowest BCUT2D eigenvalue weighted by molar-refractivity contribution is -0.430. The van der Waals surface area contributed by atoms with Gasteiger partial charge in [-0.15, -0.1) is 0 Å². The Morgan fingerprint density at radius 1 is 0.900 bits per heavy atom. The fourth-order valence-electron chi connectivity index (χ4n) is 1.51. The van der Waals surface area contributed by atoms with Crippen LogP contribution in [0, 0.1) is 0 Å². The van der Waals surface area contributed by atoms with Gasteiger partial charge in [-0.05, 0) is 47.6 Å². The van der Waals surface area contributed by atoms with Gasteiger partial charge >= 0.3 is 0 Å². The molecule has 1 aromatic rings. The molecule has 0 aliphatic rings. The van der Waals surface area contributed by atoms with E-state index in [-0.39, 0.29) is 5.60 Å². The predicted octanol–water partition coefficient (Wildman–Crippen LogP) is 4.26. The SMILES string of the molecule is COc1ccccc1C(OOC(C)(C)C)OC(C)(C)C. The van der Waals surface area contributed by atoms with Crippen molar-refractivity contribution in [3.05, 3.63) is 29.8 Å². The molecule has 20 heavy (non-hydrogen) atoms. The van der Waals surface area contributed by atoms with Gasteiger partial charge in [-0.25, -0.2) is 4.89 Å². The van der Waals surface area contributed by atoms with E-state index >= 15 is 0 Å². The van der Waals surface area contributed by atoms with Crippen molar-refractivity contribution >= 4 is 0 Å². The van der Waals surface area contributed by atoms with Crippen LogP contribution in [0.25, 0.3) is 0 Å². The van der Waals surface area contributed by atoms with Gasteiger partial charge in [0.25, 0.3) is 0 Å². The van der Waals surface area contributed by atoms with Crippen LogP contribution in [0.4, 0.5) is 0 Å². The van der Waals surface area contributed by atoms with Crippen LogP contribution in [-0.4, -0.2) is 18.3 Å². The Morgan fingerprint density at radius 3 is 2.00 bits per heavy atom. The molecule has 1 unspecified atom stereocenters. The van der Waals surface area contributed by atoms with Crippen molar-refractivity contribution in [2.75, 3.05) is 7.11 Å². The Balaban J connectivity index is 2.97. The van der Waals surface area contributed by atoms with Gasteiger partial charge in [0.1, 0.15) is 5.75 Å². The molecular formula is C16H26O4. The Kier molecular flexibility index (Phi) is 5.57. The third-order valence-electron chi connectivity index (χ3n) is 2.24. The summed E-state index contributed by atoms with van der Waals surface area (Å²) in [6.45, 7) is 11.7. The summed E-state index contributed by atoms with van der Waals surface area (Å²) < 4.78 is 11.3. The molecule has 1 aromatic carbocycles. The van der Waals surface area contributed by atoms with Gasteiger partial charge in [-0.2, -0.15) is 4.89 Å². The molecule has 0 aromatic heterocycles. The third kappa shape index (κ3) is 5.90. The minimum atomic E-state index is -0.648. The molecule has 0 aliphatic carbocycles. The molecule has 1 atom stereocenters. The maximum atomic E-state index is 5.93. The van der Waals surface area contributed by atoms with E-state index in [0.29, 0.717) is 5.75 Å². The lowest BCUT2D eigenvalue weighted by Gasteiger charge is -2.29. The van der Waals surface area contributed by atoms with Crippen molar-refractivity contribution < 1.29 is 19.2 Å². The zero-order chi connectivity index (χ0) is 15.4. The summed E-state index contributed by atoms with van der Waals surface area (Å²) in [6, 6.07) is 7.59. The Bertz CT molecular complexity index is 415. The zero-order valence-corrected chi connectivity index (χ0v) is 13.5. The molecule has 0 saturated heterocycles. The van der Waals surface area contributed by atoms with Crippen molar-refractivity contribution in [2.45, 2.75) is 59.0 Å². The highest BCUT2D eigenvalue weighted by Gasteiger charge is 2.26. The lowest BCUT2D eigenvalue weighted by Crippen LogP contribution is -2.28. The molecule has 1 rings (SSSR count). The smallest absolute Gasteiger partial charge is 0.221 e. The number of hydrogen-bond donors (Lipinski definition) is 0. The van der Waals surface area contributed by atoms with Gasteiger partial charge in [0.2, 0.25) is 6.29 Å². The van der Waals surface area contributed by atoms with Crippen LogP contribution in [0.5, 0.6) is 5.75 Å². The van der Waals surface area contributed by atoms with Gasteiger partial charge in [0.15, 0.2) is 0 Å². The average molecular weight is 282 g/mol. The van der Waals surface area contributed by atoms with Crippen LogP contribution in [0.2, 0.25) is 0 Å². The molecule has 0 spiro atoms. The van der Waals surface area contributed by atoms with Crippen molar-refractivity contribution in [3.8, 4) is 5.75 Å². The normalized spacial score (nSPS) is 14.2. The Morgan fingerprint density at radius 2 is 1.50 bits per heavy atom. The molecular weight excluding hydrogens is 256 g/mol. The van der Waals surface area contributed by atoms with Gasteiger partial charge in [-0.3, -0.25) is 0 Å². The molecule has 0 amide bonds. The van der Waals surface area contributed by atoms with Gasteiger partial charge in [0.05, 0.1) is 23.9 Å². The van der Waals surface area contributed by atoms with Crippen molar-refractivity contribution in [1.29, 1.82) is 0 Å². The first-order valence-electron chi connectivity index (χ1n) is 6.77. The second-order valence-electron chi connectivity index (χ2n) is 6.60. The molecule has 4 heteroatoms. The number of rotatable bonds is 5. The molecule has 0 N–H and O–H groups in total. The van der Waals surface area contributed by atoms with E-state index in [0.717, 1.165) is 5.56 Å². The van der Waals surface area contributed by atoms with Gasteiger partial charge in [-0.1, -0.05) is 18.2 Å². The number of benzene rings is 1. The van der Waals surface area contributed by atoms with E-state index < -0.39 is 11.9 Å². The number of hydrogen-bond acceptors (Lipinski definition) is 4. The molecule has 0 radical (unpaired) electrons. The summed E-state index contributed by atoms with van der Waals surface area (Å²) >= 11 is 0. The second kappa shape index (κ2) is 6.57. The maximum absolute atomic E-state index is 5.93. The summed E-state index contributed by atoms with van der Waals surface area (Å²) in [7, 11) is 1.62. The highest BCUT2D eigenvalue weighted by Crippen LogP contribution is 2.32. The van der Waals surface area contributed by atoms with Crippen molar-refractivity contribution in [2.24, 2.45) is 0 Å². The number of methoxy groups -OCH3 is 1. The fourth-order valence-corrected chi connectivity index (χ4v) is 1.51. The van der Waals surface area contributed by atoms with Crippen LogP contribution in [0.1, 0.15) is 53.4 Å². The first-order valence-corrected chi connectivity index (χ1v) is 6.77. The monoisotopic (exact) mass is 282 g/mol. The van der Waals surface area contributed by atoms with Crippen molar-refractivity contribution in [1.82, 2.24) is 0 Å². The van der Waals surface area contributed by atoms with Crippen LogP contribution in [0.3, 0.4) is 0 Å². The number of ether oxygens (including phenoxy) is 2. The van der Waals surface area contributed by atoms with Crippen molar-refractivity contribution in [3.63, 3.8) is 0 Å². The predicted molar refractivity (Wildman–Crippen MR) is 78.5 cm³/mol. The van der Waals surface area contributed by atoms with Gasteiger partial charge in [0, 0.05) is 0 Å². The summed E-state index contributed by atoms with van der Waals surface area (Å²) in [5.41, 5.74) is 0.0167. The van der Waals surface area contributed by atoms with Crippen LogP contribution in [0.15, 0.2) is 24.3 Å². The zero-order valence-electron chi connectivity index (χ0n) is 13.5. The third-order valence-corrected chi connectivity index (χ3v) is 2.24. The molecule has 4 nitrogen and oxygen atoms in total. The first kappa shape index (κ1) is 17.0. The highest BCUT2D eigenvalue weighted by molar-refractivity contribution is 5.34. The molecule has 114 valence electrons. The van der Waals surface area contributed by atoms with Crippen LogP contribution >= 0.6 is 0 Å². The second-order valence-corrected chi connectivity index (χ2v) is 6.60. The lowest BCUT2D eigenvalue weighted by atomic mass is 10.1. The first-order chi connectivity index (χ1) is 9.12. The van der Waals surface area contributed by atoms with E-state index in [9.17, 15) is 0 Å². The minimum Gasteiger partial charge on any atom is -0.496 e. The molecule has 0 heterocycles. The Hall–Kier alpha value is -1.10. The average Bonchev–Trinajstić information content (AvgIpc) is 2.32. The molecule has 0 fully saturated rings. The standard InChI is InChI=1S/C16H26O4/c1-15(2,3)18-14(19-20-16(4,5)6)12-10-8-9-11-13(12)17-7/h8-11,14H,1-7H3. The molecule has 0 aliphatic heterocycles. The van der Waals surface area contributed by atoms with E-state index in [2.05, 4.69) is 0 Å². The van der Waals surface area contributed by atoms with E-state index in [1.807, 2.05) is 65.8 Å². The minimum absolute atomic E-state index is 0.368. The summed E-state index contributed by atoms with van der Waals surface area (Å²) in [4.78, 5) is 10.9. The van der Waals surface area contributed by atoms with E-state index in [1.165, 1.54) is 0 Å². The summed E-state index contributed by atoms with van der Waals surface area (Å²) in [5.74, 6) is 0.708. The summed E-state index contributed by atoms with van der Waals surface area (Å²) in [5, 5.41) is 0. The number of para-hydroxylation sites is 1. The Labute approximate surface area is 121 Å². The maximum Gasteiger partial charge on any atom is 0.221 e. The molecule has 0 saturated carbocycles. The van der Waals surface area contributed by atoms with E-state index in [4.69, 9.17) is 19.2 Å². The quantitative estimate of drug-likeness (QED) is 0.459. The van der Waals surface area contributed by atoms with Crippen LogP contribution in [-0.2, 0) is 14.5 Å². The highest BCUT2D eigenvalue weighted by atomic mass is 17.2. The van der Waals surface area contributed by atoms with Gasteiger partial charge < -0.3 is 9.47 Å².